The van der Waals surface area contributed by atoms with Crippen molar-refractivity contribution in [1.82, 2.24) is 0 Å². The van der Waals surface area contributed by atoms with Gasteiger partial charge in [0.05, 0.1) is 17.1 Å². The minimum atomic E-state index is -4.67. The van der Waals surface area contributed by atoms with E-state index >= 15 is 0 Å². The second-order valence-corrected chi connectivity index (χ2v) is 9.50. The molecular formula is C26H29F3N4O3. The Bertz CT molecular complexity index is 1230. The number of hydrogen-bond donors (Lipinski definition) is 3. The van der Waals surface area contributed by atoms with Gasteiger partial charge in [-0.05, 0) is 86.8 Å². The molecule has 1 aliphatic heterocycles. The smallest absolute Gasteiger partial charge is 0.414 e. The van der Waals surface area contributed by atoms with Gasteiger partial charge in [-0.25, -0.2) is 0 Å². The first-order valence-corrected chi connectivity index (χ1v) is 11.8. The van der Waals surface area contributed by atoms with Crippen LogP contribution in [0.3, 0.4) is 0 Å². The summed E-state index contributed by atoms with van der Waals surface area (Å²) in [6.07, 6.45) is -5.55. The van der Waals surface area contributed by atoms with Crippen LogP contribution in [0, 0.1) is 19.8 Å². The number of carbonyl (C=O) groups excluding carboxylic acids is 1. The van der Waals surface area contributed by atoms with E-state index in [2.05, 4.69) is 15.6 Å². The Morgan fingerprint density at radius 3 is 2.58 bits per heavy atom. The van der Waals surface area contributed by atoms with Crippen LogP contribution < -0.4 is 10.4 Å². The molecule has 0 aromatic heterocycles. The molecule has 3 N–H and O–H groups in total. The molecule has 2 aromatic carbocycles. The highest BCUT2D eigenvalue weighted by molar-refractivity contribution is 6.71. The number of carbonyl (C=O) groups is 1. The molecule has 1 heterocycles. The number of aliphatic hydroxyl groups is 1. The molecule has 1 fully saturated rings. The van der Waals surface area contributed by atoms with E-state index < -0.39 is 24.1 Å². The Morgan fingerprint density at radius 2 is 1.89 bits per heavy atom. The molecule has 3 unspecified atom stereocenters. The first-order chi connectivity index (χ1) is 17.0. The second-order valence-electron chi connectivity index (χ2n) is 9.50. The van der Waals surface area contributed by atoms with Gasteiger partial charge in [0.15, 0.2) is 11.8 Å². The van der Waals surface area contributed by atoms with Gasteiger partial charge in [0.2, 0.25) is 0 Å². The van der Waals surface area contributed by atoms with Crippen LogP contribution in [0.4, 0.5) is 24.5 Å². The monoisotopic (exact) mass is 502 g/mol. The fraction of sp³-hybridized carbons (Fsp3) is 0.423. The van der Waals surface area contributed by atoms with Crippen molar-refractivity contribution in [2.45, 2.75) is 64.7 Å². The Balaban J connectivity index is 1.52. The number of phenolic OH excluding ortho intramolecular Hbond substituents is 1. The zero-order valence-corrected chi connectivity index (χ0v) is 20.3. The lowest BCUT2D eigenvalue weighted by Crippen LogP contribution is -2.38. The predicted molar refractivity (Wildman–Crippen MR) is 132 cm³/mol. The number of aliphatic hydroxyl groups excluding tert-OH is 1. The minimum Gasteiger partial charge on any atom is -0.505 e. The zero-order chi connectivity index (χ0) is 26.2. The number of hydrogen-bond acceptors (Lipinski definition) is 6. The quantitative estimate of drug-likeness (QED) is 0.377. The number of nitrogens with one attached hydrogen (secondary N) is 1. The van der Waals surface area contributed by atoms with Crippen LogP contribution in [0.25, 0.3) is 0 Å². The van der Waals surface area contributed by atoms with Crippen molar-refractivity contribution < 1.29 is 28.2 Å². The van der Waals surface area contributed by atoms with Gasteiger partial charge in [0, 0.05) is 0 Å². The van der Waals surface area contributed by atoms with E-state index in [0.717, 1.165) is 11.1 Å². The Labute approximate surface area is 207 Å². The Morgan fingerprint density at radius 1 is 1.14 bits per heavy atom. The highest BCUT2D eigenvalue weighted by Gasteiger charge is 2.45. The maximum Gasteiger partial charge on any atom is 0.414 e. The number of halogens is 3. The van der Waals surface area contributed by atoms with Crippen LogP contribution in [-0.2, 0) is 4.79 Å². The van der Waals surface area contributed by atoms with Gasteiger partial charge in [0.1, 0.15) is 5.75 Å². The molecule has 3 atom stereocenters. The molecule has 0 bridgehead atoms. The molecule has 0 saturated heterocycles. The molecule has 1 amide bonds. The van der Waals surface area contributed by atoms with Crippen molar-refractivity contribution in [3.05, 3.63) is 53.1 Å². The van der Waals surface area contributed by atoms with Crippen molar-refractivity contribution in [2.24, 2.45) is 16.1 Å². The molecule has 192 valence electrons. The van der Waals surface area contributed by atoms with Crippen molar-refractivity contribution >= 4 is 28.7 Å². The summed E-state index contributed by atoms with van der Waals surface area (Å²) in [5.74, 6) is -1.83. The topological polar surface area (TPSA) is 97.5 Å². The molecule has 1 aliphatic carbocycles. The number of aromatic hydroxyl groups is 1. The summed E-state index contributed by atoms with van der Waals surface area (Å²) in [5.41, 5.74) is 6.65. The van der Waals surface area contributed by atoms with Crippen LogP contribution in [-0.4, -0.2) is 39.8 Å². The van der Waals surface area contributed by atoms with E-state index in [1.807, 2.05) is 26.0 Å². The highest BCUT2D eigenvalue weighted by Crippen LogP contribution is 2.45. The van der Waals surface area contributed by atoms with E-state index in [4.69, 9.17) is 0 Å². The maximum absolute atomic E-state index is 13.0. The first kappa shape index (κ1) is 25.7. The van der Waals surface area contributed by atoms with Gasteiger partial charge >= 0.3 is 12.1 Å². The van der Waals surface area contributed by atoms with Crippen LogP contribution in [0.15, 0.2) is 46.6 Å². The van der Waals surface area contributed by atoms with E-state index in [1.165, 1.54) is 5.01 Å². The number of phenols is 1. The van der Waals surface area contributed by atoms with Gasteiger partial charge in [-0.15, -0.1) is 0 Å². The van der Waals surface area contributed by atoms with Gasteiger partial charge in [-0.1, -0.05) is 24.6 Å². The Hall–Kier alpha value is -3.40. The number of alkyl halides is 3. The molecule has 10 heteroatoms. The lowest BCUT2D eigenvalue weighted by molar-refractivity contribution is -0.222. The summed E-state index contributed by atoms with van der Waals surface area (Å²) in [4.78, 5) is 13.0. The normalized spacial score (nSPS) is 22.6. The standard InChI is InChI=1S/C26H29F3N4O3/c1-14-10-11-19(12-15(14)2)33-25(36)22(16(3)32-33)31-30-21-9-5-8-20(23(21)34)17-6-4-7-18(13-17)24(35)26(27,28)29/h5,8-12,17-18,24,30,34-35H,4,6-7,13H2,1-3H3/b31-22+. The number of nitrogens with zero attached hydrogens (tertiary/aromatic N) is 3. The van der Waals surface area contributed by atoms with Gasteiger partial charge < -0.3 is 10.2 Å². The van der Waals surface area contributed by atoms with E-state index in [0.29, 0.717) is 29.8 Å². The molecule has 1 saturated carbocycles. The number of aryl methyl sites for hydroxylation is 2. The zero-order valence-electron chi connectivity index (χ0n) is 20.3. The highest BCUT2D eigenvalue weighted by atomic mass is 19.4. The Kier molecular flexibility index (Phi) is 7.08. The van der Waals surface area contributed by atoms with Gasteiger partial charge in [0.25, 0.3) is 0 Å². The second kappa shape index (κ2) is 9.93. The fourth-order valence-electron chi connectivity index (χ4n) is 4.82. The van der Waals surface area contributed by atoms with E-state index in [-0.39, 0.29) is 35.9 Å². The largest absolute Gasteiger partial charge is 0.505 e. The number of anilines is 2. The lowest BCUT2D eigenvalue weighted by Gasteiger charge is -2.33. The van der Waals surface area contributed by atoms with E-state index in [1.54, 1.807) is 31.2 Å². The maximum atomic E-state index is 13.0. The third-order valence-corrected chi connectivity index (χ3v) is 7.01. The molecule has 2 aliphatic rings. The number of benzene rings is 2. The summed E-state index contributed by atoms with van der Waals surface area (Å²) in [6.45, 7) is 5.58. The first-order valence-electron chi connectivity index (χ1n) is 11.8. The molecule has 36 heavy (non-hydrogen) atoms. The molecular weight excluding hydrogens is 473 g/mol. The minimum absolute atomic E-state index is 0.0871. The summed E-state index contributed by atoms with van der Waals surface area (Å²) >= 11 is 0. The van der Waals surface area contributed by atoms with Crippen molar-refractivity contribution in [3.8, 4) is 5.75 Å². The van der Waals surface area contributed by atoms with Crippen molar-refractivity contribution in [3.63, 3.8) is 0 Å². The average molecular weight is 503 g/mol. The number of para-hydroxylation sites is 1. The van der Waals surface area contributed by atoms with Gasteiger partial charge in [-0.2, -0.15) is 28.4 Å². The molecule has 0 radical (unpaired) electrons. The predicted octanol–water partition coefficient (Wildman–Crippen LogP) is 5.40. The average Bonchev–Trinajstić information content (AvgIpc) is 3.12. The van der Waals surface area contributed by atoms with Gasteiger partial charge in [-0.3, -0.25) is 10.2 Å². The summed E-state index contributed by atoms with van der Waals surface area (Å²) in [5, 5.41) is 30.4. The summed E-state index contributed by atoms with van der Waals surface area (Å²) in [6, 6.07) is 10.5. The number of amides is 1. The lowest BCUT2D eigenvalue weighted by atomic mass is 9.75. The summed E-state index contributed by atoms with van der Waals surface area (Å²) < 4.78 is 39.1. The van der Waals surface area contributed by atoms with Crippen molar-refractivity contribution in [2.75, 3.05) is 10.4 Å². The van der Waals surface area contributed by atoms with Crippen LogP contribution in [0.5, 0.6) is 5.75 Å². The third-order valence-electron chi connectivity index (χ3n) is 7.01. The van der Waals surface area contributed by atoms with Crippen molar-refractivity contribution in [1.29, 1.82) is 0 Å². The molecule has 7 nitrogen and oxygen atoms in total. The summed E-state index contributed by atoms with van der Waals surface area (Å²) in [7, 11) is 0. The fourth-order valence-corrected chi connectivity index (χ4v) is 4.82. The van der Waals surface area contributed by atoms with Crippen LogP contribution in [0.1, 0.15) is 55.2 Å². The molecule has 2 aromatic rings. The van der Waals surface area contributed by atoms with Crippen LogP contribution >= 0.6 is 0 Å². The van der Waals surface area contributed by atoms with Crippen LogP contribution in [0.2, 0.25) is 0 Å². The SMILES string of the molecule is CC1=NN(c2ccc(C)c(C)c2)C(=O)/C1=N/Nc1cccc(C2CCCC(C(O)C(F)(F)F)C2)c1O. The molecule has 0 spiro atoms. The number of hydrazone groups is 2. The molecule has 4 rings (SSSR count). The van der Waals surface area contributed by atoms with E-state index in [9.17, 15) is 28.2 Å². The number of rotatable bonds is 5. The third kappa shape index (κ3) is 5.09.